The summed E-state index contributed by atoms with van der Waals surface area (Å²) >= 11 is 0. The minimum atomic E-state index is -4.36. The number of halogens is 3. The first-order valence-electron chi connectivity index (χ1n) is 5.33. The average molecular weight is 221 g/mol. The van der Waals surface area contributed by atoms with Crippen molar-refractivity contribution in [1.29, 1.82) is 0 Å². The molecule has 2 nitrogen and oxygen atoms in total. The van der Waals surface area contributed by atoms with Crippen LogP contribution < -0.4 is 0 Å². The van der Waals surface area contributed by atoms with Crippen LogP contribution in [0.5, 0.6) is 0 Å². The molecule has 5 heteroatoms. The molecule has 15 heavy (non-hydrogen) atoms. The predicted octanol–water partition coefficient (Wildman–Crippen LogP) is 2.34. The Kier molecular flexibility index (Phi) is 2.43. The number of amides is 1. The van der Waals surface area contributed by atoms with Crippen molar-refractivity contribution in [2.24, 2.45) is 5.41 Å². The van der Waals surface area contributed by atoms with Gasteiger partial charge in [0.2, 0.25) is 5.91 Å². The summed E-state index contributed by atoms with van der Waals surface area (Å²) in [4.78, 5) is 13.1. The number of carbonyl (C=O) groups excluding carboxylic acids is 1. The lowest BCUT2D eigenvalue weighted by atomic mass is 10.0. The van der Waals surface area contributed by atoms with Gasteiger partial charge in [0, 0.05) is 13.1 Å². The number of nitrogens with zero attached hydrogens (tertiary/aromatic N) is 1. The van der Waals surface area contributed by atoms with Gasteiger partial charge < -0.3 is 4.90 Å². The van der Waals surface area contributed by atoms with Crippen LogP contribution in [0.3, 0.4) is 0 Å². The second-order valence-electron chi connectivity index (χ2n) is 4.43. The van der Waals surface area contributed by atoms with E-state index in [0.29, 0.717) is 13.1 Å². The second-order valence-corrected chi connectivity index (χ2v) is 4.43. The highest BCUT2D eigenvalue weighted by Gasteiger charge is 2.69. The van der Waals surface area contributed by atoms with Gasteiger partial charge in [-0.05, 0) is 32.1 Å². The third-order valence-corrected chi connectivity index (χ3v) is 3.35. The van der Waals surface area contributed by atoms with Crippen LogP contribution in [0.2, 0.25) is 0 Å². The highest BCUT2D eigenvalue weighted by Crippen LogP contribution is 2.58. The molecule has 0 atom stereocenters. The van der Waals surface area contributed by atoms with Crippen LogP contribution in [-0.2, 0) is 4.79 Å². The quantitative estimate of drug-likeness (QED) is 0.665. The molecule has 0 bridgehead atoms. The number of rotatable bonds is 1. The molecule has 0 unspecified atom stereocenters. The summed E-state index contributed by atoms with van der Waals surface area (Å²) in [6.45, 7) is 0.993. The third kappa shape index (κ3) is 1.72. The van der Waals surface area contributed by atoms with E-state index in [0.717, 1.165) is 19.3 Å². The summed E-state index contributed by atoms with van der Waals surface area (Å²) in [5.41, 5.74) is -2.01. The summed E-state index contributed by atoms with van der Waals surface area (Å²) in [6, 6.07) is 0. The van der Waals surface area contributed by atoms with Gasteiger partial charge in [-0.25, -0.2) is 0 Å². The molecule has 1 heterocycles. The maximum atomic E-state index is 12.7. The molecule has 2 rings (SSSR count). The van der Waals surface area contributed by atoms with Crippen molar-refractivity contribution in [3.8, 4) is 0 Å². The molecular formula is C10H14F3NO. The van der Waals surface area contributed by atoms with Crippen LogP contribution in [0.15, 0.2) is 0 Å². The lowest BCUT2D eigenvalue weighted by Crippen LogP contribution is -2.46. The Bertz CT molecular complexity index is 264. The standard InChI is InChI=1S/C10H14F3NO/c11-10(12,13)9(4-5-9)8(15)14-6-2-1-3-7-14/h1-7H2. The molecule has 0 aromatic rings. The number of alkyl halides is 3. The van der Waals surface area contributed by atoms with Crippen molar-refractivity contribution in [3.05, 3.63) is 0 Å². The SMILES string of the molecule is O=C(N1CCCCC1)C1(C(F)(F)F)CC1. The van der Waals surface area contributed by atoms with Crippen LogP contribution >= 0.6 is 0 Å². The van der Waals surface area contributed by atoms with Crippen LogP contribution in [0, 0.1) is 5.41 Å². The second kappa shape index (κ2) is 3.39. The summed E-state index contributed by atoms with van der Waals surface area (Å²) in [5.74, 6) is -0.685. The number of hydrogen-bond acceptors (Lipinski definition) is 1. The van der Waals surface area contributed by atoms with Gasteiger partial charge in [0.05, 0.1) is 0 Å². The van der Waals surface area contributed by atoms with E-state index >= 15 is 0 Å². The molecule has 1 saturated carbocycles. The maximum absolute atomic E-state index is 12.7. The van der Waals surface area contributed by atoms with Gasteiger partial charge in [-0.3, -0.25) is 4.79 Å². The maximum Gasteiger partial charge on any atom is 0.403 e. The summed E-state index contributed by atoms with van der Waals surface area (Å²) < 4.78 is 38.0. The van der Waals surface area contributed by atoms with Crippen LogP contribution in [0.4, 0.5) is 13.2 Å². The topological polar surface area (TPSA) is 20.3 Å². The summed E-state index contributed by atoms with van der Waals surface area (Å²) in [5, 5.41) is 0. The van der Waals surface area contributed by atoms with E-state index in [1.54, 1.807) is 0 Å². The molecule has 86 valence electrons. The van der Waals surface area contributed by atoms with Crippen LogP contribution in [0.1, 0.15) is 32.1 Å². The first kappa shape index (κ1) is 10.8. The van der Waals surface area contributed by atoms with E-state index in [-0.39, 0.29) is 12.8 Å². The monoisotopic (exact) mass is 221 g/mol. The Morgan fingerprint density at radius 3 is 2.00 bits per heavy atom. The van der Waals surface area contributed by atoms with Crippen molar-refractivity contribution < 1.29 is 18.0 Å². The van der Waals surface area contributed by atoms with Crippen molar-refractivity contribution in [1.82, 2.24) is 4.90 Å². The van der Waals surface area contributed by atoms with Crippen molar-refractivity contribution in [2.75, 3.05) is 13.1 Å². The van der Waals surface area contributed by atoms with E-state index in [1.165, 1.54) is 4.90 Å². The molecule has 2 fully saturated rings. The van der Waals surface area contributed by atoms with Crippen molar-refractivity contribution >= 4 is 5.91 Å². The van der Waals surface area contributed by atoms with Crippen molar-refractivity contribution in [3.63, 3.8) is 0 Å². The molecular weight excluding hydrogens is 207 g/mol. The smallest absolute Gasteiger partial charge is 0.342 e. The first-order valence-corrected chi connectivity index (χ1v) is 5.33. The van der Waals surface area contributed by atoms with E-state index in [4.69, 9.17) is 0 Å². The fourth-order valence-corrected chi connectivity index (χ4v) is 2.14. The zero-order valence-electron chi connectivity index (χ0n) is 8.44. The minimum Gasteiger partial charge on any atom is -0.342 e. The van der Waals surface area contributed by atoms with E-state index in [9.17, 15) is 18.0 Å². The molecule has 1 aliphatic carbocycles. The molecule has 1 amide bonds. The van der Waals surface area contributed by atoms with Gasteiger partial charge in [0.25, 0.3) is 0 Å². The zero-order valence-corrected chi connectivity index (χ0v) is 8.44. The Labute approximate surface area is 86.4 Å². The van der Waals surface area contributed by atoms with Gasteiger partial charge in [-0.2, -0.15) is 13.2 Å². The molecule has 1 saturated heterocycles. The lowest BCUT2D eigenvalue weighted by molar-refractivity contribution is -0.199. The number of carbonyl (C=O) groups is 1. The largest absolute Gasteiger partial charge is 0.403 e. The molecule has 0 aromatic carbocycles. The van der Waals surface area contributed by atoms with E-state index in [1.807, 2.05) is 0 Å². The number of hydrogen-bond donors (Lipinski definition) is 0. The summed E-state index contributed by atoms with van der Waals surface area (Å²) in [6.07, 6.45) is -1.72. The molecule has 0 aromatic heterocycles. The van der Waals surface area contributed by atoms with E-state index < -0.39 is 17.5 Å². The van der Waals surface area contributed by atoms with Gasteiger partial charge in [0.1, 0.15) is 5.41 Å². The summed E-state index contributed by atoms with van der Waals surface area (Å²) in [7, 11) is 0. The van der Waals surface area contributed by atoms with Gasteiger partial charge in [-0.1, -0.05) is 0 Å². The molecule has 0 radical (unpaired) electrons. The minimum absolute atomic E-state index is 0.0220. The highest BCUT2D eigenvalue weighted by molar-refractivity contribution is 5.86. The normalized spacial score (nSPS) is 25.1. The van der Waals surface area contributed by atoms with Gasteiger partial charge in [0.15, 0.2) is 0 Å². The lowest BCUT2D eigenvalue weighted by Gasteiger charge is -2.31. The highest BCUT2D eigenvalue weighted by atomic mass is 19.4. The zero-order chi connectivity index (χ0) is 11.1. The van der Waals surface area contributed by atoms with Crippen molar-refractivity contribution in [2.45, 2.75) is 38.3 Å². The van der Waals surface area contributed by atoms with Crippen LogP contribution in [-0.4, -0.2) is 30.1 Å². The Hall–Kier alpha value is -0.740. The Morgan fingerprint density at radius 2 is 1.60 bits per heavy atom. The molecule has 2 aliphatic rings. The van der Waals surface area contributed by atoms with Gasteiger partial charge in [-0.15, -0.1) is 0 Å². The van der Waals surface area contributed by atoms with Crippen LogP contribution in [0.25, 0.3) is 0 Å². The Morgan fingerprint density at radius 1 is 1.07 bits per heavy atom. The number of piperidine rings is 1. The molecule has 0 N–H and O–H groups in total. The number of likely N-dealkylation sites (tertiary alicyclic amines) is 1. The fraction of sp³-hybridized carbons (Fsp3) is 0.900. The third-order valence-electron chi connectivity index (χ3n) is 3.35. The average Bonchev–Trinajstić information content (AvgIpc) is 2.98. The molecule has 1 aliphatic heterocycles. The predicted molar refractivity (Wildman–Crippen MR) is 48.2 cm³/mol. The Balaban J connectivity index is 2.07. The fourth-order valence-electron chi connectivity index (χ4n) is 2.14. The van der Waals surface area contributed by atoms with E-state index in [2.05, 4.69) is 0 Å². The van der Waals surface area contributed by atoms with Gasteiger partial charge >= 0.3 is 6.18 Å². The first-order chi connectivity index (χ1) is 6.97. The molecule has 0 spiro atoms.